The number of hydrogen-bond acceptors (Lipinski definition) is 9. The molecule has 62 heavy (non-hydrogen) atoms. The fourth-order valence-corrected chi connectivity index (χ4v) is 10.2. The number of rotatable bonds is 10. The Morgan fingerprint density at radius 1 is 0.855 bits per heavy atom. The normalized spacial score (nSPS) is 25.0. The van der Waals surface area contributed by atoms with Crippen LogP contribution in [0.3, 0.4) is 0 Å². The monoisotopic (exact) mass is 830 g/mol. The van der Waals surface area contributed by atoms with Crippen LogP contribution in [-0.2, 0) is 31.0 Å². The largest absolute Gasteiger partial charge is 0.491 e. The van der Waals surface area contributed by atoms with Gasteiger partial charge in [-0.05, 0) is 90.4 Å². The van der Waals surface area contributed by atoms with Crippen molar-refractivity contribution in [3.8, 4) is 17.6 Å². The molecular formula is C51H50N4O7. The van der Waals surface area contributed by atoms with Crippen molar-refractivity contribution < 1.29 is 34.1 Å². The first-order valence-electron chi connectivity index (χ1n) is 21.6. The number of carbonyl (C=O) groups is 3. The van der Waals surface area contributed by atoms with Crippen LogP contribution in [0, 0.1) is 17.8 Å². The highest BCUT2D eigenvalue weighted by molar-refractivity contribution is 6.12. The lowest BCUT2D eigenvalue weighted by atomic mass is 9.65. The molecule has 4 N–H and O–H groups in total. The summed E-state index contributed by atoms with van der Waals surface area (Å²) in [5.74, 6) is 4.15. The van der Waals surface area contributed by atoms with E-state index in [1.807, 2.05) is 108 Å². The lowest BCUT2D eigenvalue weighted by molar-refractivity contribution is -0.178. The third-order valence-electron chi connectivity index (χ3n) is 12.9. The molecule has 11 nitrogen and oxygen atoms in total. The van der Waals surface area contributed by atoms with Crippen LogP contribution < -0.4 is 15.4 Å². The van der Waals surface area contributed by atoms with Crippen LogP contribution in [0.25, 0.3) is 0 Å². The lowest BCUT2D eigenvalue weighted by Crippen LogP contribution is -2.55. The quantitative estimate of drug-likeness (QED) is 0.0702. The number of pyridine rings is 1. The number of cyclic esters (lactones) is 1. The summed E-state index contributed by atoms with van der Waals surface area (Å²) in [5.41, 5.74) is 1.85. The Bertz CT molecular complexity index is 2460. The van der Waals surface area contributed by atoms with E-state index in [1.54, 1.807) is 24.4 Å². The van der Waals surface area contributed by atoms with Crippen LogP contribution in [0.4, 0.5) is 5.69 Å². The minimum Gasteiger partial charge on any atom is -0.491 e. The fraction of sp³-hybridized carbons (Fsp3) is 0.333. The van der Waals surface area contributed by atoms with Crippen LogP contribution in [-0.4, -0.2) is 69.3 Å². The van der Waals surface area contributed by atoms with Crippen molar-refractivity contribution >= 4 is 23.5 Å². The molecule has 0 radical (unpaired) electrons. The summed E-state index contributed by atoms with van der Waals surface area (Å²) in [6.07, 6.45) is 6.37. The van der Waals surface area contributed by atoms with Gasteiger partial charge in [0.25, 0.3) is 0 Å². The Kier molecular flexibility index (Phi) is 11.6. The Labute approximate surface area is 361 Å². The van der Waals surface area contributed by atoms with Gasteiger partial charge in [0.05, 0.1) is 24.6 Å². The van der Waals surface area contributed by atoms with E-state index in [9.17, 15) is 10.2 Å². The average Bonchev–Trinajstić information content (AvgIpc) is 3.67. The molecule has 5 aromatic rings. The van der Waals surface area contributed by atoms with Crippen molar-refractivity contribution in [3.63, 3.8) is 0 Å². The highest BCUT2D eigenvalue weighted by Crippen LogP contribution is 2.64. The van der Waals surface area contributed by atoms with Gasteiger partial charge in [-0.1, -0.05) is 104 Å². The molecule has 3 aliphatic heterocycles. The second-order valence-corrected chi connectivity index (χ2v) is 16.7. The van der Waals surface area contributed by atoms with Gasteiger partial charge in [0, 0.05) is 36.1 Å². The van der Waals surface area contributed by atoms with Crippen molar-refractivity contribution in [2.24, 2.45) is 5.92 Å². The predicted octanol–water partition coefficient (Wildman–Crippen LogP) is 6.52. The summed E-state index contributed by atoms with van der Waals surface area (Å²) >= 11 is 0. The van der Waals surface area contributed by atoms with Gasteiger partial charge in [-0.2, -0.15) is 0 Å². The molecule has 1 aliphatic carbocycles. The third kappa shape index (κ3) is 7.64. The highest BCUT2D eigenvalue weighted by atomic mass is 16.6. The van der Waals surface area contributed by atoms with Crippen LogP contribution in [0.2, 0.25) is 0 Å². The minimum absolute atomic E-state index is 0.0943. The summed E-state index contributed by atoms with van der Waals surface area (Å²) in [7, 11) is 0. The molecule has 0 bridgehead atoms. The molecular weight excluding hydrogens is 781 g/mol. The number of ether oxygens (including phenoxy) is 2. The molecule has 2 amide bonds. The highest BCUT2D eigenvalue weighted by Gasteiger charge is 2.74. The maximum Gasteiger partial charge on any atom is 0.324 e. The molecule has 4 aromatic carbocycles. The molecule has 11 heteroatoms. The van der Waals surface area contributed by atoms with Gasteiger partial charge in [0.1, 0.15) is 35.5 Å². The maximum absolute atomic E-state index is 15.5. The molecule has 0 unspecified atom stereocenters. The summed E-state index contributed by atoms with van der Waals surface area (Å²) in [4.78, 5) is 52.4. The molecule has 6 atom stereocenters. The smallest absolute Gasteiger partial charge is 0.324 e. The summed E-state index contributed by atoms with van der Waals surface area (Å²) in [6.45, 7) is 0.136. The van der Waals surface area contributed by atoms with Gasteiger partial charge >= 0.3 is 5.97 Å². The van der Waals surface area contributed by atoms with E-state index in [0.717, 1.165) is 42.5 Å². The van der Waals surface area contributed by atoms with E-state index < -0.39 is 58.9 Å². The zero-order chi connectivity index (χ0) is 42.7. The first-order chi connectivity index (χ1) is 30.3. The minimum atomic E-state index is -1.70. The predicted molar refractivity (Wildman–Crippen MR) is 233 cm³/mol. The standard InChI is InChI=1S/C51H50N4O7/c56-31-32-61-39-21-19-37(20-22-39)46-51(40-33-34(18-23-41(40)54-49(51)59)24-28-50(60)26-10-1-2-11-27-50)42(47(57)53-30-25-38-17-9-12-29-52-38)44-48(58)62-45(36-15-7-4-8-16-36)43(55(44)46)35-13-5-3-6-14-35/h3-9,12-23,29,33,42-46,56,60H,1-2,10-11,25-27,30-32H2,(H,53,57)(H,54,59)/t42-,43-,44-,45+,46+,51-/m0/s1. The second kappa shape index (κ2) is 17.6. The molecule has 2 saturated heterocycles. The molecule has 1 spiro atoms. The number of aliphatic hydroxyl groups is 2. The number of nitrogens with zero attached hydrogens (tertiary/aromatic N) is 2. The van der Waals surface area contributed by atoms with E-state index in [4.69, 9.17) is 9.47 Å². The van der Waals surface area contributed by atoms with Crippen molar-refractivity contribution in [3.05, 3.63) is 161 Å². The van der Waals surface area contributed by atoms with Crippen LogP contribution in [0.1, 0.15) is 90.2 Å². The number of carbonyl (C=O) groups excluding carboxylic acids is 3. The first-order valence-corrected chi connectivity index (χ1v) is 21.6. The number of aromatic nitrogens is 1. The number of morpholine rings is 1. The van der Waals surface area contributed by atoms with Gasteiger partial charge in [0.2, 0.25) is 11.8 Å². The van der Waals surface area contributed by atoms with Crippen LogP contribution >= 0.6 is 0 Å². The Hall–Kier alpha value is -6.32. The SMILES string of the molecule is O=C1O[C@H](c2ccccc2)[C@H](c2ccccc2)N2[C@H]1[C@@H](C(=O)NCCc1ccccn1)[C@]1(C(=O)Nc3ccc(C#CC4(O)CCCCCC4)cc31)[C@H]2c1ccc(OCCO)cc1. The Morgan fingerprint density at radius 2 is 1.56 bits per heavy atom. The molecule has 1 aromatic heterocycles. The lowest BCUT2D eigenvalue weighted by Gasteiger charge is -2.46. The van der Waals surface area contributed by atoms with Crippen molar-refractivity contribution in [1.82, 2.24) is 15.2 Å². The number of fused-ring (bicyclic) bond motifs is 3. The van der Waals surface area contributed by atoms with Crippen molar-refractivity contribution in [1.29, 1.82) is 0 Å². The topological polar surface area (TPSA) is 150 Å². The third-order valence-corrected chi connectivity index (χ3v) is 12.9. The zero-order valence-electron chi connectivity index (χ0n) is 34.4. The Balaban J connectivity index is 1.26. The molecule has 9 rings (SSSR count). The number of esters is 1. The zero-order valence-corrected chi connectivity index (χ0v) is 34.4. The van der Waals surface area contributed by atoms with Gasteiger partial charge < -0.3 is 30.3 Å². The molecule has 1 saturated carbocycles. The summed E-state index contributed by atoms with van der Waals surface area (Å²) in [6, 6.07) is 34.9. The number of anilines is 1. The van der Waals surface area contributed by atoms with Gasteiger partial charge in [0.15, 0.2) is 0 Å². The van der Waals surface area contributed by atoms with Gasteiger partial charge in [-0.25, -0.2) is 0 Å². The van der Waals surface area contributed by atoms with E-state index in [1.165, 1.54) is 0 Å². The number of aliphatic hydroxyl groups excluding tert-OH is 1. The number of benzene rings is 4. The maximum atomic E-state index is 15.5. The van der Waals surface area contributed by atoms with Crippen molar-refractivity contribution in [2.75, 3.05) is 25.1 Å². The molecule has 4 aliphatic rings. The number of hydrogen-bond donors (Lipinski definition) is 4. The molecule has 3 fully saturated rings. The van der Waals surface area contributed by atoms with E-state index >= 15 is 14.4 Å². The molecule has 4 heterocycles. The van der Waals surface area contributed by atoms with E-state index in [-0.39, 0.29) is 19.8 Å². The van der Waals surface area contributed by atoms with Crippen LogP contribution in [0.15, 0.2) is 128 Å². The fourth-order valence-electron chi connectivity index (χ4n) is 10.2. The average molecular weight is 831 g/mol. The van der Waals surface area contributed by atoms with Crippen LogP contribution in [0.5, 0.6) is 5.75 Å². The number of amides is 2. The first kappa shape index (κ1) is 41.1. The van der Waals surface area contributed by atoms with E-state index in [0.29, 0.717) is 47.4 Å². The summed E-state index contributed by atoms with van der Waals surface area (Å²) < 4.78 is 12.3. The second-order valence-electron chi connectivity index (χ2n) is 16.7. The van der Waals surface area contributed by atoms with Gasteiger partial charge in [-0.3, -0.25) is 24.3 Å². The summed E-state index contributed by atoms with van der Waals surface area (Å²) in [5, 5.41) is 27.3. The Morgan fingerprint density at radius 3 is 2.26 bits per heavy atom. The van der Waals surface area contributed by atoms with E-state index in [2.05, 4.69) is 27.5 Å². The number of nitrogens with one attached hydrogen (secondary N) is 2. The van der Waals surface area contributed by atoms with Gasteiger partial charge in [-0.15, -0.1) is 0 Å². The van der Waals surface area contributed by atoms with Crippen molar-refractivity contribution in [2.45, 2.75) is 80.2 Å². The molecule has 316 valence electrons.